The molecule has 2 rings (SSSR count). The molecule has 0 aliphatic heterocycles. The molecule has 1 aromatic carbocycles. The Hall–Kier alpha value is -1.50. The first-order valence-corrected chi connectivity index (χ1v) is 7.37. The SMILES string of the molecule is Cc1cccc(Cl)c1NS(=O)(=O)c1ccc(CN)o1. The number of sulfonamides is 1. The molecule has 0 unspecified atom stereocenters. The number of para-hydroxylation sites is 1. The van der Waals surface area contributed by atoms with Crippen molar-refractivity contribution in [2.45, 2.75) is 18.6 Å². The van der Waals surface area contributed by atoms with Crippen LogP contribution in [0.4, 0.5) is 5.69 Å². The summed E-state index contributed by atoms with van der Waals surface area (Å²) in [6.45, 7) is 1.90. The highest BCUT2D eigenvalue weighted by atomic mass is 35.5. The van der Waals surface area contributed by atoms with Gasteiger partial charge in [0.25, 0.3) is 10.0 Å². The Balaban J connectivity index is 2.36. The van der Waals surface area contributed by atoms with Crippen LogP contribution >= 0.6 is 11.6 Å². The van der Waals surface area contributed by atoms with E-state index in [9.17, 15) is 8.42 Å². The maximum absolute atomic E-state index is 12.1. The van der Waals surface area contributed by atoms with E-state index >= 15 is 0 Å². The van der Waals surface area contributed by atoms with Gasteiger partial charge >= 0.3 is 0 Å². The summed E-state index contributed by atoms with van der Waals surface area (Å²) in [6, 6.07) is 8.00. The first kappa shape index (κ1) is 13.9. The lowest BCUT2D eigenvalue weighted by molar-refractivity contribution is 0.417. The van der Waals surface area contributed by atoms with Crippen molar-refractivity contribution in [2.24, 2.45) is 5.73 Å². The van der Waals surface area contributed by atoms with Gasteiger partial charge in [0.15, 0.2) is 0 Å². The lowest BCUT2D eigenvalue weighted by atomic mass is 10.2. The van der Waals surface area contributed by atoms with Crippen LogP contribution in [-0.4, -0.2) is 8.42 Å². The molecule has 0 saturated carbocycles. The molecule has 0 aliphatic rings. The van der Waals surface area contributed by atoms with Crippen molar-refractivity contribution in [3.63, 3.8) is 0 Å². The van der Waals surface area contributed by atoms with Gasteiger partial charge < -0.3 is 10.2 Å². The molecule has 2 aromatic rings. The summed E-state index contributed by atoms with van der Waals surface area (Å²) in [6.07, 6.45) is 0. The molecule has 0 aliphatic carbocycles. The van der Waals surface area contributed by atoms with Gasteiger partial charge in [0.05, 0.1) is 17.3 Å². The Kier molecular flexibility index (Phi) is 3.84. The number of benzene rings is 1. The molecule has 3 N–H and O–H groups in total. The van der Waals surface area contributed by atoms with E-state index in [0.29, 0.717) is 16.5 Å². The van der Waals surface area contributed by atoms with E-state index in [1.807, 2.05) is 0 Å². The van der Waals surface area contributed by atoms with E-state index in [2.05, 4.69) is 4.72 Å². The molecule has 102 valence electrons. The van der Waals surface area contributed by atoms with E-state index in [1.54, 1.807) is 25.1 Å². The fourth-order valence-electron chi connectivity index (χ4n) is 1.56. The van der Waals surface area contributed by atoms with Crippen LogP contribution in [0, 0.1) is 6.92 Å². The zero-order valence-corrected chi connectivity index (χ0v) is 11.8. The first-order valence-electron chi connectivity index (χ1n) is 5.51. The Bertz CT molecular complexity index is 675. The molecular formula is C12H13ClN2O3S. The molecule has 19 heavy (non-hydrogen) atoms. The van der Waals surface area contributed by atoms with Gasteiger partial charge in [-0.3, -0.25) is 4.72 Å². The van der Waals surface area contributed by atoms with E-state index in [-0.39, 0.29) is 11.6 Å². The standard InChI is InChI=1S/C12H13ClN2O3S/c1-8-3-2-4-10(13)12(8)15-19(16,17)11-6-5-9(7-14)18-11/h2-6,15H,7,14H2,1H3. The molecule has 0 amide bonds. The summed E-state index contributed by atoms with van der Waals surface area (Å²) in [5.41, 5.74) is 6.44. The van der Waals surface area contributed by atoms with Gasteiger partial charge in [0.1, 0.15) is 5.76 Å². The molecule has 0 saturated heterocycles. The summed E-state index contributed by atoms with van der Waals surface area (Å²) < 4.78 is 31.8. The predicted octanol–water partition coefficient (Wildman–Crippen LogP) is 2.50. The highest BCUT2D eigenvalue weighted by molar-refractivity contribution is 7.92. The third-order valence-corrected chi connectivity index (χ3v) is 4.10. The topological polar surface area (TPSA) is 85.3 Å². The van der Waals surface area contributed by atoms with Crippen molar-refractivity contribution in [1.29, 1.82) is 0 Å². The number of hydrogen-bond acceptors (Lipinski definition) is 4. The van der Waals surface area contributed by atoms with E-state index < -0.39 is 10.0 Å². The molecule has 0 bridgehead atoms. The van der Waals surface area contributed by atoms with Gasteiger partial charge in [-0.2, -0.15) is 8.42 Å². The third-order valence-electron chi connectivity index (χ3n) is 2.56. The Labute approximate surface area is 116 Å². The highest BCUT2D eigenvalue weighted by Gasteiger charge is 2.20. The van der Waals surface area contributed by atoms with Crippen LogP contribution in [0.25, 0.3) is 0 Å². The van der Waals surface area contributed by atoms with Crippen molar-refractivity contribution in [3.8, 4) is 0 Å². The van der Waals surface area contributed by atoms with Gasteiger partial charge in [-0.05, 0) is 30.7 Å². The fraction of sp³-hybridized carbons (Fsp3) is 0.167. The predicted molar refractivity (Wildman–Crippen MR) is 73.6 cm³/mol. The summed E-state index contributed by atoms with van der Waals surface area (Å²) in [4.78, 5) is 0. The smallest absolute Gasteiger partial charge is 0.295 e. The van der Waals surface area contributed by atoms with E-state index in [0.717, 1.165) is 5.56 Å². The highest BCUT2D eigenvalue weighted by Crippen LogP contribution is 2.28. The minimum atomic E-state index is -3.80. The molecule has 0 fully saturated rings. The van der Waals surface area contributed by atoms with Gasteiger partial charge in [-0.15, -0.1) is 0 Å². The van der Waals surface area contributed by atoms with Crippen LogP contribution in [0.15, 0.2) is 39.8 Å². The van der Waals surface area contributed by atoms with Crippen molar-refractivity contribution < 1.29 is 12.8 Å². The van der Waals surface area contributed by atoms with Crippen molar-refractivity contribution in [2.75, 3.05) is 4.72 Å². The van der Waals surface area contributed by atoms with Crippen LogP contribution < -0.4 is 10.5 Å². The van der Waals surface area contributed by atoms with Crippen LogP contribution in [0.3, 0.4) is 0 Å². The lowest BCUT2D eigenvalue weighted by Gasteiger charge is -2.10. The van der Waals surface area contributed by atoms with Gasteiger partial charge in [0.2, 0.25) is 5.09 Å². The first-order chi connectivity index (χ1) is 8.94. The molecule has 1 heterocycles. The summed E-state index contributed by atoms with van der Waals surface area (Å²) in [7, 11) is -3.80. The summed E-state index contributed by atoms with van der Waals surface area (Å²) in [5.74, 6) is 0.399. The molecule has 1 aromatic heterocycles. The maximum atomic E-state index is 12.1. The largest absolute Gasteiger partial charge is 0.446 e. The number of halogens is 1. The van der Waals surface area contributed by atoms with Crippen LogP contribution in [0.2, 0.25) is 5.02 Å². The Morgan fingerprint density at radius 2 is 2.05 bits per heavy atom. The quantitative estimate of drug-likeness (QED) is 0.908. The fourth-order valence-corrected chi connectivity index (χ4v) is 2.99. The lowest BCUT2D eigenvalue weighted by Crippen LogP contribution is -2.13. The average molecular weight is 301 g/mol. The number of rotatable bonds is 4. The molecule has 0 spiro atoms. The van der Waals surface area contributed by atoms with Crippen LogP contribution in [0.5, 0.6) is 0 Å². The number of anilines is 1. The molecule has 0 atom stereocenters. The monoisotopic (exact) mass is 300 g/mol. The molecular weight excluding hydrogens is 288 g/mol. The van der Waals surface area contributed by atoms with Gasteiger partial charge in [0, 0.05) is 0 Å². The summed E-state index contributed by atoms with van der Waals surface area (Å²) in [5, 5.41) is 0.140. The molecule has 7 heteroatoms. The number of hydrogen-bond donors (Lipinski definition) is 2. The minimum Gasteiger partial charge on any atom is -0.446 e. The Morgan fingerprint density at radius 3 is 2.63 bits per heavy atom. The van der Waals surface area contributed by atoms with Gasteiger partial charge in [-0.25, -0.2) is 0 Å². The number of nitrogens with one attached hydrogen (secondary N) is 1. The van der Waals surface area contributed by atoms with E-state index in [1.165, 1.54) is 12.1 Å². The van der Waals surface area contributed by atoms with Crippen LogP contribution in [-0.2, 0) is 16.6 Å². The average Bonchev–Trinajstić information content (AvgIpc) is 2.83. The third kappa shape index (κ3) is 2.91. The normalized spacial score (nSPS) is 11.5. The second kappa shape index (κ2) is 5.24. The maximum Gasteiger partial charge on any atom is 0.295 e. The number of nitrogens with two attached hydrogens (primary N) is 1. The van der Waals surface area contributed by atoms with E-state index in [4.69, 9.17) is 21.8 Å². The minimum absolute atomic E-state index is 0.140. The molecule has 5 nitrogen and oxygen atoms in total. The zero-order chi connectivity index (χ0) is 14.0. The Morgan fingerprint density at radius 1 is 1.32 bits per heavy atom. The second-order valence-electron chi connectivity index (χ2n) is 3.96. The van der Waals surface area contributed by atoms with Gasteiger partial charge in [-0.1, -0.05) is 23.7 Å². The second-order valence-corrected chi connectivity index (χ2v) is 5.98. The molecule has 0 radical (unpaired) electrons. The van der Waals surface area contributed by atoms with Crippen molar-refractivity contribution >= 4 is 27.3 Å². The van der Waals surface area contributed by atoms with Crippen molar-refractivity contribution in [1.82, 2.24) is 0 Å². The number of aryl methyl sites for hydroxylation is 1. The van der Waals surface area contributed by atoms with Crippen molar-refractivity contribution in [3.05, 3.63) is 46.7 Å². The zero-order valence-electron chi connectivity index (χ0n) is 10.2. The summed E-state index contributed by atoms with van der Waals surface area (Å²) >= 11 is 5.98. The number of furan rings is 1. The van der Waals surface area contributed by atoms with Crippen LogP contribution in [0.1, 0.15) is 11.3 Å².